The Balaban J connectivity index is 1.66. The number of ether oxygens (including phenoxy) is 1. The number of nitrogens with zero attached hydrogens (tertiary/aromatic N) is 2. The number of aromatic nitrogens is 2. The van der Waals surface area contributed by atoms with Crippen LogP contribution in [0.15, 0.2) is 78.9 Å². The summed E-state index contributed by atoms with van der Waals surface area (Å²) < 4.78 is 5.21. The van der Waals surface area contributed by atoms with Gasteiger partial charge in [0.15, 0.2) is 0 Å². The Hall–Kier alpha value is -3.60. The maximum atomic E-state index is 5.21. The molecule has 0 fully saturated rings. The first-order chi connectivity index (χ1) is 13.7. The predicted octanol–water partition coefficient (Wildman–Crippen LogP) is 5.56. The monoisotopic (exact) mass is 370 g/mol. The molecule has 5 heteroatoms. The molecule has 4 aromatic rings. The number of methoxy groups -OCH3 is 1. The van der Waals surface area contributed by atoms with Crippen molar-refractivity contribution in [2.45, 2.75) is 13.0 Å². The van der Waals surface area contributed by atoms with Crippen LogP contribution in [0.4, 0.5) is 17.5 Å². The van der Waals surface area contributed by atoms with Crippen molar-refractivity contribution in [3.63, 3.8) is 0 Å². The fourth-order valence-electron chi connectivity index (χ4n) is 3.08. The molecule has 1 unspecified atom stereocenters. The molecule has 1 atom stereocenters. The minimum atomic E-state index is 0.119. The molecule has 0 aliphatic rings. The highest BCUT2D eigenvalue weighted by Gasteiger charge is 2.11. The van der Waals surface area contributed by atoms with Crippen molar-refractivity contribution in [2.75, 3.05) is 17.7 Å². The van der Waals surface area contributed by atoms with Crippen molar-refractivity contribution in [2.24, 2.45) is 0 Å². The summed E-state index contributed by atoms with van der Waals surface area (Å²) in [6.45, 7) is 2.13. The molecule has 5 nitrogen and oxygen atoms in total. The Kier molecular flexibility index (Phi) is 5.06. The van der Waals surface area contributed by atoms with Gasteiger partial charge >= 0.3 is 0 Å². The lowest BCUT2D eigenvalue weighted by molar-refractivity contribution is 0.415. The Bertz CT molecular complexity index is 1060. The van der Waals surface area contributed by atoms with Gasteiger partial charge in [-0.3, -0.25) is 0 Å². The lowest BCUT2D eigenvalue weighted by Crippen LogP contribution is -2.10. The van der Waals surface area contributed by atoms with Crippen LogP contribution < -0.4 is 15.4 Å². The van der Waals surface area contributed by atoms with E-state index in [0.29, 0.717) is 5.95 Å². The van der Waals surface area contributed by atoms with Gasteiger partial charge in [0, 0.05) is 17.1 Å². The first kappa shape index (κ1) is 17.8. The highest BCUT2D eigenvalue weighted by molar-refractivity contribution is 5.90. The minimum Gasteiger partial charge on any atom is -0.497 e. The third kappa shape index (κ3) is 3.88. The quantitative estimate of drug-likeness (QED) is 0.466. The third-order valence-corrected chi connectivity index (χ3v) is 4.60. The van der Waals surface area contributed by atoms with E-state index in [9.17, 15) is 0 Å². The van der Waals surface area contributed by atoms with Crippen molar-refractivity contribution in [3.05, 3.63) is 84.4 Å². The summed E-state index contributed by atoms with van der Waals surface area (Å²) in [5.74, 6) is 2.16. The number of rotatable bonds is 6. The number of nitrogens with one attached hydrogen (secondary N) is 2. The zero-order valence-corrected chi connectivity index (χ0v) is 15.9. The normalized spacial score (nSPS) is 11.8. The van der Waals surface area contributed by atoms with Crippen LogP contribution in [0.1, 0.15) is 18.5 Å². The van der Waals surface area contributed by atoms with Crippen LogP contribution in [0.3, 0.4) is 0 Å². The van der Waals surface area contributed by atoms with E-state index >= 15 is 0 Å². The highest BCUT2D eigenvalue weighted by atomic mass is 16.5. The fraction of sp³-hybridized carbons (Fsp3) is 0.130. The first-order valence-electron chi connectivity index (χ1n) is 9.22. The third-order valence-electron chi connectivity index (χ3n) is 4.60. The Morgan fingerprint density at radius 3 is 2.29 bits per heavy atom. The van der Waals surface area contributed by atoms with E-state index in [4.69, 9.17) is 9.72 Å². The van der Waals surface area contributed by atoms with Crippen LogP contribution in [-0.2, 0) is 0 Å². The lowest BCUT2D eigenvalue weighted by atomic mass is 10.1. The molecule has 2 N–H and O–H groups in total. The van der Waals surface area contributed by atoms with Crippen molar-refractivity contribution in [3.8, 4) is 5.75 Å². The van der Waals surface area contributed by atoms with Gasteiger partial charge in [-0.1, -0.05) is 42.5 Å². The predicted molar refractivity (Wildman–Crippen MR) is 114 cm³/mol. The molecule has 1 aromatic heterocycles. The molecule has 3 aromatic carbocycles. The van der Waals surface area contributed by atoms with Gasteiger partial charge in [-0.25, -0.2) is 4.98 Å². The Morgan fingerprint density at radius 2 is 1.54 bits per heavy atom. The summed E-state index contributed by atoms with van der Waals surface area (Å²) >= 11 is 0. The van der Waals surface area contributed by atoms with Gasteiger partial charge in [0.2, 0.25) is 5.95 Å². The smallest absolute Gasteiger partial charge is 0.229 e. The second-order valence-electron chi connectivity index (χ2n) is 6.54. The van der Waals surface area contributed by atoms with Crippen molar-refractivity contribution < 1.29 is 4.74 Å². The Labute approximate surface area is 164 Å². The lowest BCUT2D eigenvalue weighted by Gasteiger charge is -2.17. The van der Waals surface area contributed by atoms with Crippen LogP contribution in [0, 0.1) is 0 Å². The van der Waals surface area contributed by atoms with E-state index < -0.39 is 0 Å². The summed E-state index contributed by atoms with van der Waals surface area (Å²) in [6.07, 6.45) is 0. The minimum absolute atomic E-state index is 0.119. The van der Waals surface area contributed by atoms with Crippen LogP contribution in [-0.4, -0.2) is 17.1 Å². The summed E-state index contributed by atoms with van der Waals surface area (Å²) in [5.41, 5.74) is 2.99. The highest BCUT2D eigenvalue weighted by Crippen LogP contribution is 2.27. The molecule has 0 spiro atoms. The fourth-order valence-corrected chi connectivity index (χ4v) is 3.08. The number of hydrogen-bond acceptors (Lipinski definition) is 5. The second kappa shape index (κ2) is 7.96. The van der Waals surface area contributed by atoms with Crippen molar-refractivity contribution >= 4 is 28.4 Å². The SMILES string of the molecule is COc1ccc(Nc2nc(NC(C)c3ccccc3)c3ccccc3n2)cc1. The van der Waals surface area contributed by atoms with Crippen LogP contribution >= 0.6 is 0 Å². The molecule has 1 heterocycles. The number of hydrogen-bond donors (Lipinski definition) is 2. The molecule has 0 amide bonds. The average Bonchev–Trinajstić information content (AvgIpc) is 2.75. The van der Waals surface area contributed by atoms with E-state index in [1.807, 2.05) is 66.7 Å². The van der Waals surface area contributed by atoms with E-state index in [-0.39, 0.29) is 6.04 Å². The molecule has 4 rings (SSSR count). The molecule has 0 radical (unpaired) electrons. The van der Waals surface area contributed by atoms with Crippen LogP contribution in [0.2, 0.25) is 0 Å². The molecule has 0 saturated carbocycles. The van der Waals surface area contributed by atoms with Gasteiger partial charge in [0.05, 0.1) is 12.6 Å². The van der Waals surface area contributed by atoms with Crippen molar-refractivity contribution in [1.82, 2.24) is 9.97 Å². The second-order valence-corrected chi connectivity index (χ2v) is 6.54. The average molecular weight is 370 g/mol. The molecule has 0 aliphatic carbocycles. The molecule has 28 heavy (non-hydrogen) atoms. The zero-order chi connectivity index (χ0) is 19.3. The Morgan fingerprint density at radius 1 is 0.821 bits per heavy atom. The molecule has 140 valence electrons. The van der Waals surface area contributed by atoms with E-state index in [1.54, 1.807) is 7.11 Å². The summed E-state index contributed by atoms with van der Waals surface area (Å²) in [5, 5.41) is 7.81. The molecular formula is C23H22N4O. The standard InChI is InChI=1S/C23H22N4O/c1-16(17-8-4-3-5-9-17)24-22-20-10-6-7-11-21(20)26-23(27-22)25-18-12-14-19(28-2)15-13-18/h3-16H,1-2H3,(H2,24,25,26,27). The largest absolute Gasteiger partial charge is 0.497 e. The van der Waals surface area contributed by atoms with Gasteiger partial charge in [-0.15, -0.1) is 0 Å². The molecule has 0 bridgehead atoms. The van der Waals surface area contributed by atoms with E-state index in [2.05, 4.69) is 34.7 Å². The topological polar surface area (TPSA) is 59.1 Å². The molecular weight excluding hydrogens is 348 g/mol. The number of benzene rings is 3. The number of para-hydroxylation sites is 1. The van der Waals surface area contributed by atoms with Gasteiger partial charge < -0.3 is 15.4 Å². The van der Waals surface area contributed by atoms with E-state index in [0.717, 1.165) is 28.2 Å². The molecule has 0 saturated heterocycles. The van der Waals surface area contributed by atoms with Crippen LogP contribution in [0.25, 0.3) is 10.9 Å². The van der Waals surface area contributed by atoms with E-state index in [1.165, 1.54) is 5.56 Å². The van der Waals surface area contributed by atoms with Gasteiger partial charge in [0.1, 0.15) is 11.6 Å². The summed E-state index contributed by atoms with van der Waals surface area (Å²) in [7, 11) is 1.65. The van der Waals surface area contributed by atoms with Gasteiger partial charge in [0.25, 0.3) is 0 Å². The summed E-state index contributed by atoms with van der Waals surface area (Å²) in [6, 6.07) is 26.1. The van der Waals surface area contributed by atoms with Crippen molar-refractivity contribution in [1.29, 1.82) is 0 Å². The first-order valence-corrected chi connectivity index (χ1v) is 9.22. The number of fused-ring (bicyclic) bond motifs is 1. The summed E-state index contributed by atoms with van der Waals surface area (Å²) in [4.78, 5) is 9.40. The van der Waals surface area contributed by atoms with Gasteiger partial charge in [-0.05, 0) is 48.9 Å². The van der Waals surface area contributed by atoms with Gasteiger partial charge in [-0.2, -0.15) is 4.98 Å². The zero-order valence-electron chi connectivity index (χ0n) is 15.9. The maximum absolute atomic E-state index is 5.21. The number of anilines is 3. The maximum Gasteiger partial charge on any atom is 0.229 e. The molecule has 0 aliphatic heterocycles. The van der Waals surface area contributed by atoms with Crippen LogP contribution in [0.5, 0.6) is 5.75 Å².